The molecule has 0 amide bonds. The molecule has 3 heteroatoms. The van der Waals surface area contributed by atoms with Crippen LogP contribution in [0.15, 0.2) is 18.2 Å². The van der Waals surface area contributed by atoms with E-state index in [1.807, 2.05) is 6.07 Å². The van der Waals surface area contributed by atoms with Gasteiger partial charge in [0.05, 0.1) is 0 Å². The molecule has 1 N–H and O–H groups in total. The quantitative estimate of drug-likeness (QED) is 0.908. The van der Waals surface area contributed by atoms with E-state index in [-0.39, 0.29) is 0 Å². The number of benzene rings is 1. The van der Waals surface area contributed by atoms with Crippen molar-refractivity contribution in [2.45, 2.75) is 59.0 Å². The molecule has 21 heavy (non-hydrogen) atoms. The highest BCUT2D eigenvalue weighted by Gasteiger charge is 2.33. The Balaban J connectivity index is 1.63. The first-order valence-electron chi connectivity index (χ1n) is 8.16. The molecule has 2 unspecified atom stereocenters. The molecule has 1 saturated carbocycles. The number of fused-ring (bicyclic) bond motifs is 1. The summed E-state index contributed by atoms with van der Waals surface area (Å²) in [6.07, 6.45) is 5.38. The van der Waals surface area contributed by atoms with E-state index >= 15 is 0 Å². The molecular weight excluding hydrogens is 262 g/mol. The lowest BCUT2D eigenvalue weighted by atomic mass is 9.69. The average Bonchev–Trinajstić information content (AvgIpc) is 2.92. The fraction of sp³-hybridized carbons (Fsp3) is 0.667. The molecule has 0 radical (unpaired) electrons. The molecule has 1 fully saturated rings. The summed E-state index contributed by atoms with van der Waals surface area (Å²) in [5, 5.41) is 3.79. The highest BCUT2D eigenvalue weighted by molar-refractivity contribution is 5.44. The summed E-state index contributed by atoms with van der Waals surface area (Å²) in [6.45, 7) is 8.38. The Morgan fingerprint density at radius 1 is 1.10 bits per heavy atom. The van der Waals surface area contributed by atoms with Crippen LogP contribution in [0.5, 0.6) is 11.5 Å². The van der Waals surface area contributed by atoms with Crippen LogP contribution >= 0.6 is 0 Å². The van der Waals surface area contributed by atoms with E-state index in [0.717, 1.165) is 24.0 Å². The molecule has 0 saturated heterocycles. The third kappa shape index (κ3) is 3.34. The first-order chi connectivity index (χ1) is 10.0. The maximum Gasteiger partial charge on any atom is 0.231 e. The van der Waals surface area contributed by atoms with Crippen LogP contribution in [0.4, 0.5) is 0 Å². The van der Waals surface area contributed by atoms with Crippen LogP contribution in [0.25, 0.3) is 0 Å². The molecular formula is C18H27NO2. The number of nitrogens with one attached hydrogen (secondary N) is 1. The normalized spacial score (nSPS) is 25.1. The van der Waals surface area contributed by atoms with E-state index < -0.39 is 0 Å². The second-order valence-corrected chi connectivity index (χ2v) is 7.43. The van der Waals surface area contributed by atoms with Gasteiger partial charge in [0.15, 0.2) is 11.5 Å². The van der Waals surface area contributed by atoms with Crippen molar-refractivity contribution in [3.05, 3.63) is 23.8 Å². The van der Waals surface area contributed by atoms with Gasteiger partial charge in [0, 0.05) is 12.6 Å². The van der Waals surface area contributed by atoms with E-state index in [0.29, 0.717) is 18.2 Å². The molecule has 1 aliphatic carbocycles. The Morgan fingerprint density at radius 2 is 1.86 bits per heavy atom. The van der Waals surface area contributed by atoms with Gasteiger partial charge in [-0.05, 0) is 41.9 Å². The summed E-state index contributed by atoms with van der Waals surface area (Å²) in [5.74, 6) is 2.51. The predicted molar refractivity (Wildman–Crippen MR) is 84.6 cm³/mol. The van der Waals surface area contributed by atoms with Gasteiger partial charge in [-0.1, -0.05) is 39.7 Å². The minimum absolute atomic E-state index is 0.348. The van der Waals surface area contributed by atoms with E-state index in [1.165, 1.54) is 31.2 Å². The molecule has 3 rings (SSSR count). The van der Waals surface area contributed by atoms with Crippen LogP contribution in [0.1, 0.15) is 52.0 Å². The first kappa shape index (κ1) is 14.7. The van der Waals surface area contributed by atoms with Crippen LogP contribution in [-0.2, 0) is 6.54 Å². The topological polar surface area (TPSA) is 30.5 Å². The summed E-state index contributed by atoms with van der Waals surface area (Å²) in [4.78, 5) is 0. The molecule has 0 spiro atoms. The van der Waals surface area contributed by atoms with Gasteiger partial charge in [-0.2, -0.15) is 0 Å². The van der Waals surface area contributed by atoms with Gasteiger partial charge in [-0.25, -0.2) is 0 Å². The molecule has 1 aliphatic heterocycles. The Morgan fingerprint density at radius 3 is 2.67 bits per heavy atom. The van der Waals surface area contributed by atoms with Gasteiger partial charge in [0.25, 0.3) is 0 Å². The molecule has 0 aromatic heterocycles. The zero-order valence-corrected chi connectivity index (χ0v) is 13.4. The van der Waals surface area contributed by atoms with Crippen LogP contribution < -0.4 is 14.8 Å². The van der Waals surface area contributed by atoms with E-state index in [2.05, 4.69) is 38.2 Å². The van der Waals surface area contributed by atoms with E-state index in [9.17, 15) is 0 Å². The Bertz CT molecular complexity index is 492. The third-order valence-corrected chi connectivity index (χ3v) is 4.88. The van der Waals surface area contributed by atoms with Gasteiger partial charge in [0.1, 0.15) is 0 Å². The van der Waals surface area contributed by atoms with Crippen LogP contribution in [0, 0.1) is 11.3 Å². The Labute approximate surface area is 128 Å². The van der Waals surface area contributed by atoms with Crippen molar-refractivity contribution >= 4 is 0 Å². The van der Waals surface area contributed by atoms with Crippen molar-refractivity contribution in [2.75, 3.05) is 6.79 Å². The molecule has 116 valence electrons. The zero-order valence-electron chi connectivity index (χ0n) is 13.4. The molecule has 3 nitrogen and oxygen atoms in total. The standard InChI is InChI=1S/C18H27NO2/c1-18(2,3)14-6-4-5-7-15(14)19-11-13-8-9-16-17(10-13)21-12-20-16/h8-10,14-15,19H,4-7,11-12H2,1-3H3. The monoisotopic (exact) mass is 289 g/mol. The van der Waals surface area contributed by atoms with Crippen molar-refractivity contribution in [3.63, 3.8) is 0 Å². The molecule has 1 aromatic carbocycles. The summed E-state index contributed by atoms with van der Waals surface area (Å²) in [7, 11) is 0. The van der Waals surface area contributed by atoms with Crippen LogP contribution in [0.2, 0.25) is 0 Å². The summed E-state index contributed by atoms with van der Waals surface area (Å²) in [6, 6.07) is 6.88. The molecule has 1 aromatic rings. The summed E-state index contributed by atoms with van der Waals surface area (Å²) < 4.78 is 10.8. The minimum atomic E-state index is 0.348. The number of rotatable bonds is 3. The van der Waals surface area contributed by atoms with Crippen molar-refractivity contribution in [2.24, 2.45) is 11.3 Å². The Hall–Kier alpha value is -1.22. The predicted octanol–water partition coefficient (Wildman–Crippen LogP) is 4.11. The second-order valence-electron chi connectivity index (χ2n) is 7.43. The third-order valence-electron chi connectivity index (χ3n) is 4.88. The lowest BCUT2D eigenvalue weighted by molar-refractivity contribution is 0.130. The largest absolute Gasteiger partial charge is 0.454 e. The fourth-order valence-electron chi connectivity index (χ4n) is 3.71. The van der Waals surface area contributed by atoms with Crippen LogP contribution in [0.3, 0.4) is 0 Å². The maximum atomic E-state index is 5.46. The smallest absolute Gasteiger partial charge is 0.231 e. The molecule has 2 atom stereocenters. The highest BCUT2D eigenvalue weighted by Crippen LogP contribution is 2.38. The summed E-state index contributed by atoms with van der Waals surface area (Å²) in [5.41, 5.74) is 1.66. The zero-order chi connectivity index (χ0) is 14.9. The van der Waals surface area contributed by atoms with Gasteiger partial charge in [0.2, 0.25) is 6.79 Å². The highest BCUT2D eigenvalue weighted by atomic mass is 16.7. The molecule has 2 aliphatic rings. The van der Waals surface area contributed by atoms with Crippen molar-refractivity contribution < 1.29 is 9.47 Å². The van der Waals surface area contributed by atoms with Gasteiger partial charge < -0.3 is 14.8 Å². The number of hydrogen-bond donors (Lipinski definition) is 1. The molecule has 1 heterocycles. The van der Waals surface area contributed by atoms with Gasteiger partial charge in [-0.15, -0.1) is 0 Å². The summed E-state index contributed by atoms with van der Waals surface area (Å²) >= 11 is 0. The number of ether oxygens (including phenoxy) is 2. The van der Waals surface area contributed by atoms with E-state index in [1.54, 1.807) is 0 Å². The van der Waals surface area contributed by atoms with Gasteiger partial charge >= 0.3 is 0 Å². The lowest BCUT2D eigenvalue weighted by Gasteiger charge is -2.41. The van der Waals surface area contributed by atoms with Crippen molar-refractivity contribution in [3.8, 4) is 11.5 Å². The Kier molecular flexibility index (Phi) is 4.12. The SMILES string of the molecule is CC(C)(C)C1CCCCC1NCc1ccc2c(c1)OCO2. The maximum absolute atomic E-state index is 5.46. The van der Waals surface area contributed by atoms with E-state index in [4.69, 9.17) is 9.47 Å². The van der Waals surface area contributed by atoms with Crippen molar-refractivity contribution in [1.82, 2.24) is 5.32 Å². The lowest BCUT2D eigenvalue weighted by Crippen LogP contribution is -2.43. The van der Waals surface area contributed by atoms with Crippen molar-refractivity contribution in [1.29, 1.82) is 0 Å². The van der Waals surface area contributed by atoms with Gasteiger partial charge in [-0.3, -0.25) is 0 Å². The second kappa shape index (κ2) is 5.88. The first-order valence-corrected chi connectivity index (χ1v) is 8.16. The number of hydrogen-bond acceptors (Lipinski definition) is 3. The average molecular weight is 289 g/mol. The minimum Gasteiger partial charge on any atom is -0.454 e. The fourth-order valence-corrected chi connectivity index (χ4v) is 3.71. The molecule has 0 bridgehead atoms. The van der Waals surface area contributed by atoms with Crippen LogP contribution in [-0.4, -0.2) is 12.8 Å².